The molecule has 1 aliphatic heterocycles. The smallest absolute Gasteiger partial charge is 0.399 e. The highest BCUT2D eigenvalue weighted by Gasteiger charge is 2.52. The van der Waals surface area contributed by atoms with Gasteiger partial charge in [0.15, 0.2) is 0 Å². The Morgan fingerprint density at radius 3 is 2.42 bits per heavy atom. The van der Waals surface area contributed by atoms with Gasteiger partial charge in [0.1, 0.15) is 0 Å². The molecule has 0 aliphatic carbocycles. The van der Waals surface area contributed by atoms with E-state index in [1.165, 1.54) is 12.3 Å². The first-order valence-electron chi connectivity index (χ1n) is 6.14. The molecule has 0 unspecified atom stereocenters. The van der Waals surface area contributed by atoms with Crippen molar-refractivity contribution in [1.82, 2.24) is 4.98 Å². The number of pyridine rings is 1. The van der Waals surface area contributed by atoms with E-state index in [-0.39, 0.29) is 6.42 Å². The first kappa shape index (κ1) is 14.0. The van der Waals surface area contributed by atoms with E-state index >= 15 is 0 Å². The largest absolute Gasteiger partial charge is 0.495 e. The Hall–Kier alpha value is -1.45. The van der Waals surface area contributed by atoms with Gasteiger partial charge in [0.25, 0.3) is 0 Å². The zero-order valence-corrected chi connectivity index (χ0v) is 11.5. The van der Waals surface area contributed by atoms with Crippen LogP contribution in [0.25, 0.3) is 0 Å². The zero-order chi connectivity index (χ0) is 14.3. The van der Waals surface area contributed by atoms with Gasteiger partial charge in [-0.2, -0.15) is 9.65 Å². The van der Waals surface area contributed by atoms with Crippen LogP contribution in [0, 0.1) is 17.3 Å². The molecule has 0 radical (unpaired) electrons. The first-order valence-corrected chi connectivity index (χ1v) is 6.14. The predicted molar refractivity (Wildman–Crippen MR) is 69.2 cm³/mol. The summed E-state index contributed by atoms with van der Waals surface area (Å²) >= 11 is 0. The van der Waals surface area contributed by atoms with E-state index in [2.05, 4.69) is 4.98 Å². The lowest BCUT2D eigenvalue weighted by Crippen LogP contribution is -2.41. The van der Waals surface area contributed by atoms with E-state index in [0.717, 1.165) is 0 Å². The quantitative estimate of drug-likeness (QED) is 0.599. The van der Waals surface area contributed by atoms with Crippen LogP contribution in [0.15, 0.2) is 12.3 Å². The van der Waals surface area contributed by atoms with Gasteiger partial charge in [0.2, 0.25) is 5.95 Å². The van der Waals surface area contributed by atoms with E-state index < -0.39 is 24.3 Å². The third kappa shape index (κ3) is 2.49. The normalized spacial score (nSPS) is 20.3. The third-order valence-corrected chi connectivity index (χ3v) is 3.77. The third-order valence-electron chi connectivity index (χ3n) is 3.77. The average molecular weight is 262 g/mol. The van der Waals surface area contributed by atoms with E-state index in [9.17, 15) is 4.39 Å². The molecule has 4 nitrogen and oxygen atoms in total. The van der Waals surface area contributed by atoms with Gasteiger partial charge in [-0.05, 0) is 44.8 Å². The van der Waals surface area contributed by atoms with Crippen molar-refractivity contribution >= 4 is 12.6 Å². The molecule has 1 aliphatic rings. The summed E-state index contributed by atoms with van der Waals surface area (Å²) in [5, 5.41) is 8.81. The van der Waals surface area contributed by atoms with Gasteiger partial charge in [-0.25, -0.2) is 4.98 Å². The standard InChI is InChI=1S/C13H16BFN2O2/c1-12(2)13(3,4)19-14(18-12)10-7-11(15)17-8-9(10)5-6-16/h7-8H,5H2,1-4H3. The number of rotatable bonds is 2. The first-order chi connectivity index (χ1) is 8.77. The molecule has 0 saturated carbocycles. The van der Waals surface area contributed by atoms with Crippen LogP contribution in [0.5, 0.6) is 0 Å². The lowest BCUT2D eigenvalue weighted by atomic mass is 9.76. The lowest BCUT2D eigenvalue weighted by Gasteiger charge is -2.32. The second-order valence-electron chi connectivity index (χ2n) is 5.63. The topological polar surface area (TPSA) is 55.1 Å². The van der Waals surface area contributed by atoms with Gasteiger partial charge in [0.05, 0.1) is 23.7 Å². The molecule has 1 saturated heterocycles. The molecular formula is C13H16BFN2O2. The highest BCUT2D eigenvalue weighted by atomic mass is 19.1. The van der Waals surface area contributed by atoms with Crippen molar-refractivity contribution in [2.75, 3.05) is 0 Å². The second-order valence-corrected chi connectivity index (χ2v) is 5.63. The SMILES string of the molecule is CC1(C)OB(c2cc(F)ncc2CC#N)OC1(C)C. The molecule has 0 spiro atoms. The summed E-state index contributed by atoms with van der Waals surface area (Å²) in [5.41, 5.74) is 0.165. The van der Waals surface area contributed by atoms with Crippen LogP contribution in [0.3, 0.4) is 0 Å². The predicted octanol–water partition coefficient (Wildman–Crippen LogP) is 1.59. The Kier molecular flexibility index (Phi) is 3.37. The van der Waals surface area contributed by atoms with E-state index in [1.807, 2.05) is 33.8 Å². The fourth-order valence-corrected chi connectivity index (χ4v) is 1.89. The monoisotopic (exact) mass is 262 g/mol. The summed E-state index contributed by atoms with van der Waals surface area (Å²) < 4.78 is 25.1. The van der Waals surface area contributed by atoms with Crippen LogP contribution < -0.4 is 5.46 Å². The fourth-order valence-electron chi connectivity index (χ4n) is 1.89. The molecule has 100 valence electrons. The summed E-state index contributed by atoms with van der Waals surface area (Å²) in [4.78, 5) is 3.57. The Balaban J connectivity index is 2.39. The molecule has 0 amide bonds. The summed E-state index contributed by atoms with van der Waals surface area (Å²) in [7, 11) is -0.675. The van der Waals surface area contributed by atoms with Crippen LogP contribution in [-0.2, 0) is 15.7 Å². The van der Waals surface area contributed by atoms with Crippen LogP contribution in [0.2, 0.25) is 0 Å². The second kappa shape index (κ2) is 4.59. The zero-order valence-electron chi connectivity index (χ0n) is 11.5. The highest BCUT2D eigenvalue weighted by molar-refractivity contribution is 6.62. The van der Waals surface area contributed by atoms with Gasteiger partial charge in [0, 0.05) is 6.20 Å². The molecule has 6 heteroatoms. The van der Waals surface area contributed by atoms with Crippen molar-refractivity contribution in [2.45, 2.75) is 45.3 Å². The Bertz CT molecular complexity index is 524. The van der Waals surface area contributed by atoms with Crippen molar-refractivity contribution in [3.63, 3.8) is 0 Å². The highest BCUT2D eigenvalue weighted by Crippen LogP contribution is 2.36. The van der Waals surface area contributed by atoms with Crippen LogP contribution in [0.1, 0.15) is 33.3 Å². The van der Waals surface area contributed by atoms with E-state index in [0.29, 0.717) is 11.0 Å². The molecule has 19 heavy (non-hydrogen) atoms. The molecule has 1 fully saturated rings. The maximum atomic E-state index is 13.3. The van der Waals surface area contributed by atoms with Crippen LogP contribution >= 0.6 is 0 Å². The maximum absolute atomic E-state index is 13.3. The summed E-state index contributed by atoms with van der Waals surface area (Å²) in [5.74, 6) is -0.605. The Labute approximate surface area is 112 Å². The number of aromatic nitrogens is 1. The van der Waals surface area contributed by atoms with Gasteiger partial charge in [-0.15, -0.1) is 0 Å². The van der Waals surface area contributed by atoms with Crippen molar-refractivity contribution in [3.05, 3.63) is 23.8 Å². The number of nitrogens with zero attached hydrogens (tertiary/aromatic N) is 2. The summed E-state index contributed by atoms with van der Waals surface area (Å²) in [6.45, 7) is 7.70. The molecule has 1 aromatic rings. The van der Waals surface area contributed by atoms with Crippen molar-refractivity contribution in [1.29, 1.82) is 5.26 Å². The summed E-state index contributed by atoms with van der Waals surface area (Å²) in [6, 6.07) is 3.31. The molecule has 2 heterocycles. The Morgan fingerprint density at radius 2 is 1.89 bits per heavy atom. The van der Waals surface area contributed by atoms with Gasteiger partial charge < -0.3 is 9.31 Å². The van der Waals surface area contributed by atoms with Gasteiger partial charge in [-0.3, -0.25) is 0 Å². The van der Waals surface area contributed by atoms with Crippen molar-refractivity contribution in [3.8, 4) is 6.07 Å². The fraction of sp³-hybridized carbons (Fsp3) is 0.538. The molecule has 0 bridgehead atoms. The number of hydrogen-bond acceptors (Lipinski definition) is 4. The average Bonchev–Trinajstić information content (AvgIpc) is 2.51. The molecule has 2 rings (SSSR count). The molecule has 1 aromatic heterocycles. The molecule has 0 N–H and O–H groups in total. The molecular weight excluding hydrogens is 246 g/mol. The maximum Gasteiger partial charge on any atom is 0.495 e. The Morgan fingerprint density at radius 1 is 1.32 bits per heavy atom. The van der Waals surface area contributed by atoms with Gasteiger partial charge in [-0.1, -0.05) is 0 Å². The van der Waals surface area contributed by atoms with Gasteiger partial charge >= 0.3 is 7.12 Å². The van der Waals surface area contributed by atoms with E-state index in [4.69, 9.17) is 14.6 Å². The van der Waals surface area contributed by atoms with Crippen molar-refractivity contribution < 1.29 is 13.7 Å². The van der Waals surface area contributed by atoms with E-state index in [1.54, 1.807) is 0 Å². The van der Waals surface area contributed by atoms with Crippen molar-refractivity contribution in [2.24, 2.45) is 0 Å². The summed E-state index contributed by atoms with van der Waals surface area (Å²) in [6.07, 6.45) is 1.51. The molecule has 0 aromatic carbocycles. The number of nitriles is 1. The minimum atomic E-state index is -0.675. The number of hydrogen-bond donors (Lipinski definition) is 0. The minimum Gasteiger partial charge on any atom is -0.399 e. The molecule has 0 atom stereocenters. The van der Waals surface area contributed by atoms with Crippen LogP contribution in [0.4, 0.5) is 4.39 Å². The lowest BCUT2D eigenvalue weighted by molar-refractivity contribution is 0.00578. The minimum absolute atomic E-state index is 0.146. The number of halogens is 1. The van der Waals surface area contributed by atoms with Crippen LogP contribution in [-0.4, -0.2) is 23.3 Å².